The summed E-state index contributed by atoms with van der Waals surface area (Å²) in [6.45, 7) is 6.14. The van der Waals surface area contributed by atoms with Crippen LogP contribution in [0.1, 0.15) is 42.1 Å². The molecule has 0 saturated heterocycles. The monoisotopic (exact) mass is 353 g/mol. The molecule has 0 saturated carbocycles. The van der Waals surface area contributed by atoms with Gasteiger partial charge in [-0.05, 0) is 44.0 Å². The van der Waals surface area contributed by atoms with Crippen molar-refractivity contribution in [3.63, 3.8) is 0 Å². The van der Waals surface area contributed by atoms with E-state index in [-0.39, 0.29) is 0 Å². The van der Waals surface area contributed by atoms with Gasteiger partial charge in [0.1, 0.15) is 5.75 Å². The molecule has 6 heteroatoms. The smallest absolute Gasteiger partial charge is 0.357 e. The average Bonchev–Trinajstić information content (AvgIpc) is 2.98. The second kappa shape index (κ2) is 7.56. The average molecular weight is 353 g/mol. The summed E-state index contributed by atoms with van der Waals surface area (Å²) in [5.41, 5.74) is 4.61. The van der Waals surface area contributed by atoms with E-state index in [0.717, 1.165) is 41.1 Å². The van der Waals surface area contributed by atoms with Crippen molar-refractivity contribution in [2.75, 3.05) is 13.7 Å². The number of benzene rings is 1. The molecule has 0 spiro atoms. The van der Waals surface area contributed by atoms with Gasteiger partial charge in [-0.3, -0.25) is 0 Å². The zero-order valence-corrected chi connectivity index (χ0v) is 15.6. The molecular formula is C20H23N3O3. The van der Waals surface area contributed by atoms with Crippen LogP contribution >= 0.6 is 0 Å². The van der Waals surface area contributed by atoms with E-state index in [0.29, 0.717) is 17.9 Å². The molecule has 0 aliphatic heterocycles. The van der Waals surface area contributed by atoms with Gasteiger partial charge in [-0.25, -0.2) is 14.3 Å². The van der Waals surface area contributed by atoms with Gasteiger partial charge in [0, 0.05) is 11.3 Å². The molecular weight excluding hydrogens is 330 g/mol. The van der Waals surface area contributed by atoms with Crippen LogP contribution in [-0.2, 0) is 11.2 Å². The number of rotatable bonds is 6. The molecule has 0 N–H and O–H groups in total. The van der Waals surface area contributed by atoms with Gasteiger partial charge in [-0.1, -0.05) is 25.5 Å². The van der Waals surface area contributed by atoms with Gasteiger partial charge < -0.3 is 9.47 Å². The third-order valence-electron chi connectivity index (χ3n) is 4.19. The first kappa shape index (κ1) is 17.9. The molecule has 2 aromatic heterocycles. The van der Waals surface area contributed by atoms with Crippen LogP contribution in [0.3, 0.4) is 0 Å². The fourth-order valence-electron chi connectivity index (χ4n) is 3.04. The van der Waals surface area contributed by atoms with E-state index < -0.39 is 5.97 Å². The van der Waals surface area contributed by atoms with Gasteiger partial charge in [0.05, 0.1) is 19.4 Å². The number of hydrogen-bond acceptors (Lipinski definition) is 5. The topological polar surface area (TPSA) is 65.7 Å². The molecule has 2 heterocycles. The number of aromatic nitrogens is 3. The highest BCUT2D eigenvalue weighted by Gasteiger charge is 2.19. The lowest BCUT2D eigenvalue weighted by molar-refractivity contribution is 0.0519. The molecule has 0 fully saturated rings. The van der Waals surface area contributed by atoms with E-state index in [1.54, 1.807) is 20.1 Å². The van der Waals surface area contributed by atoms with Crippen molar-refractivity contribution in [1.82, 2.24) is 14.6 Å². The Labute approximate surface area is 152 Å². The molecule has 0 radical (unpaired) electrons. The van der Waals surface area contributed by atoms with Gasteiger partial charge in [0.25, 0.3) is 0 Å². The lowest BCUT2D eigenvalue weighted by Crippen LogP contribution is -2.11. The van der Waals surface area contributed by atoms with E-state index in [1.165, 1.54) is 0 Å². The van der Waals surface area contributed by atoms with Gasteiger partial charge in [0.2, 0.25) is 0 Å². The summed E-state index contributed by atoms with van der Waals surface area (Å²) in [4.78, 5) is 16.8. The van der Waals surface area contributed by atoms with Crippen LogP contribution in [0.5, 0.6) is 5.75 Å². The maximum atomic E-state index is 12.3. The third-order valence-corrected chi connectivity index (χ3v) is 4.19. The van der Waals surface area contributed by atoms with Crippen molar-refractivity contribution in [3.05, 3.63) is 47.4 Å². The standard InChI is InChI=1S/C20H23N3O3/c1-5-8-15-12-17(20(24)26-6-2)21-19-18(13(3)22-23(15)19)14-9-7-10-16(11-14)25-4/h7,9-12H,5-6,8H2,1-4H3. The summed E-state index contributed by atoms with van der Waals surface area (Å²) in [7, 11) is 1.64. The Bertz CT molecular complexity index is 947. The van der Waals surface area contributed by atoms with Gasteiger partial charge in [-0.2, -0.15) is 5.10 Å². The highest BCUT2D eigenvalue weighted by atomic mass is 16.5. The molecule has 0 aliphatic rings. The minimum absolute atomic E-state index is 0.312. The van der Waals surface area contributed by atoms with Crippen molar-refractivity contribution >= 4 is 11.6 Å². The first-order valence-electron chi connectivity index (χ1n) is 8.79. The van der Waals surface area contributed by atoms with E-state index in [1.807, 2.05) is 35.7 Å². The van der Waals surface area contributed by atoms with Crippen molar-refractivity contribution in [2.45, 2.75) is 33.6 Å². The van der Waals surface area contributed by atoms with Crippen LogP contribution in [-0.4, -0.2) is 34.3 Å². The van der Waals surface area contributed by atoms with Gasteiger partial charge in [-0.15, -0.1) is 0 Å². The predicted molar refractivity (Wildman–Crippen MR) is 99.7 cm³/mol. The third kappa shape index (κ3) is 3.27. The molecule has 6 nitrogen and oxygen atoms in total. The number of nitrogens with zero attached hydrogens (tertiary/aromatic N) is 3. The fourth-order valence-corrected chi connectivity index (χ4v) is 3.04. The highest BCUT2D eigenvalue weighted by molar-refractivity contribution is 5.89. The number of carbonyl (C=O) groups excluding carboxylic acids is 1. The highest BCUT2D eigenvalue weighted by Crippen LogP contribution is 2.30. The lowest BCUT2D eigenvalue weighted by atomic mass is 10.1. The fraction of sp³-hybridized carbons (Fsp3) is 0.350. The summed E-state index contributed by atoms with van der Waals surface area (Å²) >= 11 is 0. The Morgan fingerprint density at radius 1 is 1.23 bits per heavy atom. The van der Waals surface area contributed by atoms with Crippen LogP contribution in [0.2, 0.25) is 0 Å². The Morgan fingerprint density at radius 2 is 2.04 bits per heavy atom. The van der Waals surface area contributed by atoms with Crippen molar-refractivity contribution in [2.24, 2.45) is 0 Å². The van der Waals surface area contributed by atoms with E-state index >= 15 is 0 Å². The number of esters is 1. The quantitative estimate of drug-likeness (QED) is 0.630. The van der Waals surface area contributed by atoms with E-state index in [2.05, 4.69) is 17.0 Å². The Balaban J connectivity index is 2.25. The molecule has 136 valence electrons. The second-order valence-electron chi connectivity index (χ2n) is 6.03. The molecule has 1 aromatic carbocycles. The van der Waals surface area contributed by atoms with Crippen molar-refractivity contribution in [3.8, 4) is 16.9 Å². The van der Waals surface area contributed by atoms with Crippen LogP contribution in [0.15, 0.2) is 30.3 Å². The minimum Gasteiger partial charge on any atom is -0.497 e. The molecule has 0 amide bonds. The molecule has 0 aliphatic carbocycles. The first-order valence-corrected chi connectivity index (χ1v) is 8.79. The van der Waals surface area contributed by atoms with Crippen LogP contribution in [0.4, 0.5) is 0 Å². The molecule has 26 heavy (non-hydrogen) atoms. The molecule has 0 unspecified atom stereocenters. The zero-order valence-electron chi connectivity index (χ0n) is 15.6. The zero-order chi connectivity index (χ0) is 18.7. The van der Waals surface area contributed by atoms with Crippen LogP contribution in [0, 0.1) is 6.92 Å². The van der Waals surface area contributed by atoms with Gasteiger partial charge >= 0.3 is 5.97 Å². The normalized spacial score (nSPS) is 10.9. The SMILES string of the molecule is CCCc1cc(C(=O)OCC)nc2c(-c3cccc(OC)c3)c(C)nn12. The number of ether oxygens (including phenoxy) is 2. The van der Waals surface area contributed by atoms with Crippen LogP contribution < -0.4 is 4.74 Å². The summed E-state index contributed by atoms with van der Waals surface area (Å²) in [6.07, 6.45) is 1.73. The first-order chi connectivity index (χ1) is 12.6. The summed E-state index contributed by atoms with van der Waals surface area (Å²) in [6, 6.07) is 9.53. The number of hydrogen-bond donors (Lipinski definition) is 0. The van der Waals surface area contributed by atoms with Crippen molar-refractivity contribution < 1.29 is 14.3 Å². The molecule has 0 bridgehead atoms. The minimum atomic E-state index is -0.414. The van der Waals surface area contributed by atoms with E-state index in [9.17, 15) is 4.79 Å². The van der Waals surface area contributed by atoms with Crippen molar-refractivity contribution in [1.29, 1.82) is 0 Å². The number of aryl methyl sites for hydroxylation is 2. The number of methoxy groups -OCH3 is 1. The van der Waals surface area contributed by atoms with E-state index in [4.69, 9.17) is 9.47 Å². The van der Waals surface area contributed by atoms with Crippen LogP contribution in [0.25, 0.3) is 16.8 Å². The maximum Gasteiger partial charge on any atom is 0.357 e. The lowest BCUT2D eigenvalue weighted by Gasteiger charge is -2.08. The maximum absolute atomic E-state index is 12.3. The summed E-state index contributed by atoms with van der Waals surface area (Å²) < 4.78 is 12.3. The van der Waals surface area contributed by atoms with Gasteiger partial charge in [0.15, 0.2) is 11.3 Å². The molecule has 0 atom stereocenters. The predicted octanol–water partition coefficient (Wildman–Crippen LogP) is 3.84. The Kier molecular flexibility index (Phi) is 5.21. The molecule has 3 rings (SSSR count). The Morgan fingerprint density at radius 3 is 2.73 bits per heavy atom. The summed E-state index contributed by atoms with van der Waals surface area (Å²) in [5, 5.41) is 4.67. The number of carbonyl (C=O) groups is 1. The number of fused-ring (bicyclic) bond motifs is 1. The molecule has 3 aromatic rings. The Hall–Kier alpha value is -2.89. The second-order valence-corrected chi connectivity index (χ2v) is 6.03. The largest absolute Gasteiger partial charge is 0.497 e. The summed E-state index contributed by atoms with van der Waals surface area (Å²) in [5.74, 6) is 0.347.